The number of aryl methyl sites for hydroxylation is 2. The summed E-state index contributed by atoms with van der Waals surface area (Å²) >= 11 is 0. The van der Waals surface area contributed by atoms with Crippen LogP contribution in [0, 0.1) is 0 Å². The Bertz CT molecular complexity index is 622. The number of anilines is 1. The number of ether oxygens (including phenoxy) is 1. The van der Waals surface area contributed by atoms with Gasteiger partial charge in [0.15, 0.2) is 6.61 Å². The predicted molar refractivity (Wildman–Crippen MR) is 80.8 cm³/mol. The van der Waals surface area contributed by atoms with Gasteiger partial charge in [-0.25, -0.2) is 0 Å². The fraction of sp³-hybridized carbons (Fsp3) is 0.333. The number of nitrogens with zero attached hydrogens (tertiary/aromatic N) is 2. The lowest BCUT2D eigenvalue weighted by Gasteiger charge is -2.07. The number of nitrogen functional groups attached to an aromatic ring is 1. The molecule has 0 atom stereocenters. The van der Waals surface area contributed by atoms with E-state index in [4.69, 9.17) is 10.5 Å². The quantitative estimate of drug-likeness (QED) is 0.784. The van der Waals surface area contributed by atoms with Gasteiger partial charge in [-0.2, -0.15) is 5.10 Å². The summed E-state index contributed by atoms with van der Waals surface area (Å²) in [6.45, 7) is 2.46. The van der Waals surface area contributed by atoms with E-state index in [1.807, 2.05) is 20.2 Å². The van der Waals surface area contributed by atoms with Crippen LogP contribution in [0.15, 0.2) is 30.5 Å². The van der Waals surface area contributed by atoms with Crippen molar-refractivity contribution < 1.29 is 9.53 Å². The Morgan fingerprint density at radius 2 is 2.29 bits per heavy atom. The molecule has 0 saturated carbocycles. The Balaban J connectivity index is 1.82. The van der Waals surface area contributed by atoms with Crippen LogP contribution in [0.5, 0.6) is 5.75 Å². The van der Waals surface area contributed by atoms with E-state index in [1.165, 1.54) is 0 Å². The summed E-state index contributed by atoms with van der Waals surface area (Å²) in [5, 5.41) is 7.15. The van der Waals surface area contributed by atoms with E-state index >= 15 is 0 Å². The van der Waals surface area contributed by atoms with Gasteiger partial charge in [0.1, 0.15) is 5.75 Å². The maximum absolute atomic E-state index is 11.8. The van der Waals surface area contributed by atoms with Gasteiger partial charge in [0.05, 0.1) is 5.69 Å². The van der Waals surface area contributed by atoms with Gasteiger partial charge in [0, 0.05) is 37.1 Å². The van der Waals surface area contributed by atoms with Crippen LogP contribution in [0.4, 0.5) is 5.69 Å². The van der Waals surface area contributed by atoms with Crippen molar-refractivity contribution in [1.82, 2.24) is 15.1 Å². The van der Waals surface area contributed by atoms with Crippen molar-refractivity contribution in [3.05, 3.63) is 41.7 Å². The normalized spacial score (nSPS) is 10.4. The predicted octanol–water partition coefficient (Wildman–Crippen LogP) is 1.26. The zero-order valence-electron chi connectivity index (χ0n) is 12.3. The summed E-state index contributed by atoms with van der Waals surface area (Å²) in [6.07, 6.45) is 2.75. The third-order valence-corrected chi connectivity index (χ3v) is 3.03. The number of aromatic nitrogens is 2. The number of nitrogens with two attached hydrogens (primary N) is 1. The minimum Gasteiger partial charge on any atom is -0.484 e. The molecule has 0 aliphatic rings. The van der Waals surface area contributed by atoms with Crippen LogP contribution in [-0.2, 0) is 24.8 Å². The molecule has 112 valence electrons. The Labute approximate surface area is 123 Å². The van der Waals surface area contributed by atoms with Crippen LogP contribution < -0.4 is 15.8 Å². The smallest absolute Gasteiger partial charge is 0.258 e. The number of hydrogen-bond acceptors (Lipinski definition) is 4. The molecule has 1 aromatic carbocycles. The van der Waals surface area contributed by atoms with Crippen LogP contribution in [0.2, 0.25) is 0 Å². The Morgan fingerprint density at radius 3 is 3.00 bits per heavy atom. The van der Waals surface area contributed by atoms with E-state index in [1.54, 1.807) is 28.9 Å². The van der Waals surface area contributed by atoms with E-state index < -0.39 is 0 Å². The molecule has 0 spiro atoms. The van der Waals surface area contributed by atoms with Crippen LogP contribution in [0.1, 0.15) is 18.2 Å². The molecule has 6 nitrogen and oxygen atoms in total. The molecule has 0 radical (unpaired) electrons. The molecule has 0 aliphatic heterocycles. The minimum absolute atomic E-state index is 0.0365. The molecule has 21 heavy (non-hydrogen) atoms. The monoisotopic (exact) mass is 288 g/mol. The average molecular weight is 288 g/mol. The maximum Gasteiger partial charge on any atom is 0.258 e. The van der Waals surface area contributed by atoms with Gasteiger partial charge in [-0.15, -0.1) is 0 Å². The van der Waals surface area contributed by atoms with Gasteiger partial charge in [-0.3, -0.25) is 9.48 Å². The van der Waals surface area contributed by atoms with Crippen LogP contribution in [0.3, 0.4) is 0 Å². The Hall–Kier alpha value is -2.50. The van der Waals surface area contributed by atoms with Gasteiger partial charge in [-0.1, -0.05) is 13.0 Å². The van der Waals surface area contributed by atoms with Crippen LogP contribution in [-0.4, -0.2) is 22.3 Å². The van der Waals surface area contributed by atoms with Crippen molar-refractivity contribution >= 4 is 11.6 Å². The molecule has 0 saturated heterocycles. The van der Waals surface area contributed by atoms with E-state index in [9.17, 15) is 4.79 Å². The second kappa shape index (κ2) is 6.78. The van der Waals surface area contributed by atoms with Gasteiger partial charge >= 0.3 is 0 Å². The zero-order chi connectivity index (χ0) is 15.2. The number of nitrogens with one attached hydrogen (secondary N) is 1. The second-order valence-corrected chi connectivity index (χ2v) is 4.77. The molecule has 0 unspecified atom stereocenters. The van der Waals surface area contributed by atoms with Crippen molar-refractivity contribution in [1.29, 1.82) is 0 Å². The summed E-state index contributed by atoms with van der Waals surface area (Å²) in [5.74, 6) is 0.407. The molecule has 2 rings (SSSR count). The highest BCUT2D eigenvalue weighted by atomic mass is 16.5. The average Bonchev–Trinajstić information content (AvgIpc) is 2.83. The highest BCUT2D eigenvalue weighted by Crippen LogP contribution is 2.14. The minimum atomic E-state index is -0.177. The summed E-state index contributed by atoms with van der Waals surface area (Å²) < 4.78 is 7.14. The summed E-state index contributed by atoms with van der Waals surface area (Å²) in [5.41, 5.74) is 8.27. The largest absolute Gasteiger partial charge is 0.484 e. The summed E-state index contributed by atoms with van der Waals surface area (Å²) in [4.78, 5) is 11.8. The topological polar surface area (TPSA) is 82.2 Å². The molecular formula is C15H20N4O2. The van der Waals surface area contributed by atoms with Gasteiger partial charge in [-0.05, 0) is 18.6 Å². The van der Waals surface area contributed by atoms with Crippen molar-refractivity contribution in [3.63, 3.8) is 0 Å². The number of carbonyl (C=O) groups excluding carboxylic acids is 1. The molecular weight excluding hydrogens is 268 g/mol. The van der Waals surface area contributed by atoms with E-state index in [2.05, 4.69) is 10.4 Å². The number of carbonyl (C=O) groups is 1. The van der Waals surface area contributed by atoms with Gasteiger partial charge < -0.3 is 15.8 Å². The molecule has 0 aliphatic carbocycles. The lowest BCUT2D eigenvalue weighted by Crippen LogP contribution is -2.28. The first-order valence-corrected chi connectivity index (χ1v) is 6.85. The Morgan fingerprint density at radius 1 is 1.48 bits per heavy atom. The number of hydrogen-bond donors (Lipinski definition) is 2. The van der Waals surface area contributed by atoms with E-state index in [0.29, 0.717) is 18.0 Å². The molecule has 2 aromatic rings. The first-order chi connectivity index (χ1) is 10.1. The molecule has 1 heterocycles. The lowest BCUT2D eigenvalue weighted by molar-refractivity contribution is -0.123. The van der Waals surface area contributed by atoms with Gasteiger partial charge in [0.2, 0.25) is 0 Å². The first kappa shape index (κ1) is 14.9. The highest BCUT2D eigenvalue weighted by Gasteiger charge is 2.08. The standard InChI is InChI=1S/C15H20N4O2/c1-3-14-11(9-19(2)18-14)8-17-15(20)10-21-13-6-4-5-12(16)7-13/h4-7,9H,3,8,10,16H2,1-2H3,(H,17,20). The summed E-state index contributed by atoms with van der Waals surface area (Å²) in [6, 6.07) is 7.00. The Kier molecular flexibility index (Phi) is 4.81. The fourth-order valence-corrected chi connectivity index (χ4v) is 2.03. The molecule has 6 heteroatoms. The van der Waals surface area contributed by atoms with Crippen molar-refractivity contribution in [2.75, 3.05) is 12.3 Å². The molecule has 0 fully saturated rings. The third kappa shape index (κ3) is 4.24. The van der Waals surface area contributed by atoms with Crippen molar-refractivity contribution in [2.24, 2.45) is 7.05 Å². The highest BCUT2D eigenvalue weighted by molar-refractivity contribution is 5.77. The number of rotatable bonds is 6. The van der Waals surface area contributed by atoms with E-state index in [0.717, 1.165) is 17.7 Å². The first-order valence-electron chi connectivity index (χ1n) is 6.85. The van der Waals surface area contributed by atoms with Crippen LogP contribution in [0.25, 0.3) is 0 Å². The van der Waals surface area contributed by atoms with Crippen LogP contribution >= 0.6 is 0 Å². The van der Waals surface area contributed by atoms with Gasteiger partial charge in [0.25, 0.3) is 5.91 Å². The number of amides is 1. The molecule has 3 N–H and O–H groups in total. The molecule has 1 amide bonds. The van der Waals surface area contributed by atoms with Crippen molar-refractivity contribution in [3.8, 4) is 5.75 Å². The summed E-state index contributed by atoms with van der Waals surface area (Å²) in [7, 11) is 1.87. The lowest BCUT2D eigenvalue weighted by atomic mass is 10.2. The van der Waals surface area contributed by atoms with Crippen molar-refractivity contribution in [2.45, 2.75) is 19.9 Å². The van der Waals surface area contributed by atoms with E-state index in [-0.39, 0.29) is 12.5 Å². The fourth-order valence-electron chi connectivity index (χ4n) is 2.03. The maximum atomic E-state index is 11.8. The number of benzene rings is 1. The molecule has 0 bridgehead atoms. The SMILES string of the molecule is CCc1nn(C)cc1CNC(=O)COc1cccc(N)c1. The third-order valence-electron chi connectivity index (χ3n) is 3.03. The second-order valence-electron chi connectivity index (χ2n) is 4.77. The zero-order valence-corrected chi connectivity index (χ0v) is 12.3. The molecule has 1 aromatic heterocycles.